The molecular weight excluding hydrogens is 530 g/mol. The molecule has 2 aliphatic carbocycles. The Hall–Kier alpha value is -3.52. The molecule has 1 saturated heterocycles. The monoisotopic (exact) mass is 577 g/mol. The number of hydrogen-bond donors (Lipinski definition) is 2. The fourth-order valence-corrected chi connectivity index (χ4v) is 5.43. The molecule has 5 rings (SSSR count). The SMILES string of the molecule is C.CCOC(=O)C1(CC(=O)[C@H](CC)NCc2ccccc2)CC1.CC[C@@H]1C(=O)NC2(CC2)C(=O)N1Cc1ccccc1. The number of ketones is 1. The van der Waals surface area contributed by atoms with Crippen molar-refractivity contribution in [1.29, 1.82) is 0 Å². The van der Waals surface area contributed by atoms with Gasteiger partial charge in [-0.25, -0.2) is 0 Å². The Bertz CT molecular complexity index is 1210. The van der Waals surface area contributed by atoms with E-state index in [-0.39, 0.29) is 43.1 Å². The number of piperazine rings is 1. The molecule has 3 aliphatic rings. The third kappa shape index (κ3) is 7.85. The second-order valence-corrected chi connectivity index (χ2v) is 11.4. The Kier molecular flexibility index (Phi) is 11.5. The molecule has 2 atom stereocenters. The first-order valence-electron chi connectivity index (χ1n) is 14.9. The number of benzene rings is 2. The topological polar surface area (TPSA) is 105 Å². The smallest absolute Gasteiger partial charge is 0.312 e. The molecule has 2 amide bonds. The van der Waals surface area contributed by atoms with Gasteiger partial charge >= 0.3 is 5.97 Å². The standard InChI is InChI=1S/C18H25NO3.C15H18N2O2.CH4/c1-3-15(19-13-14-8-6-5-7-9-14)16(20)12-18(10-11-18)17(21)22-4-2;1-2-12-13(18)16-15(8-9-15)14(19)17(12)10-11-6-4-3-5-7-11;/h5-9,15,19H,3-4,10-13H2,1-2H3;3-7,12H,2,8-10H2,1H3,(H,16,18);1H4/t15-;12-;/m01./s1. The molecule has 228 valence electrons. The fraction of sp³-hybridized carbons (Fsp3) is 0.529. The number of nitrogens with zero attached hydrogens (tertiary/aromatic N) is 1. The van der Waals surface area contributed by atoms with Gasteiger partial charge in [-0.3, -0.25) is 19.2 Å². The van der Waals surface area contributed by atoms with Crippen molar-refractivity contribution in [3.63, 3.8) is 0 Å². The summed E-state index contributed by atoms with van der Waals surface area (Å²) in [7, 11) is 0. The van der Waals surface area contributed by atoms with Crippen LogP contribution in [-0.4, -0.2) is 52.7 Å². The maximum Gasteiger partial charge on any atom is 0.312 e. The molecule has 0 aromatic heterocycles. The average Bonchev–Trinajstić information content (AvgIpc) is 3.92. The average molecular weight is 578 g/mol. The lowest BCUT2D eigenvalue weighted by Gasteiger charge is -2.39. The summed E-state index contributed by atoms with van der Waals surface area (Å²) in [6.45, 7) is 7.29. The van der Waals surface area contributed by atoms with Crippen LogP contribution in [0.5, 0.6) is 0 Å². The van der Waals surface area contributed by atoms with Crippen LogP contribution >= 0.6 is 0 Å². The van der Waals surface area contributed by atoms with Crippen molar-refractivity contribution in [1.82, 2.24) is 15.5 Å². The van der Waals surface area contributed by atoms with Crippen molar-refractivity contribution < 1.29 is 23.9 Å². The summed E-state index contributed by atoms with van der Waals surface area (Å²) in [6.07, 6.45) is 4.77. The van der Waals surface area contributed by atoms with Gasteiger partial charge in [0, 0.05) is 19.5 Å². The zero-order valence-electron chi connectivity index (χ0n) is 24.5. The van der Waals surface area contributed by atoms with E-state index in [4.69, 9.17) is 4.74 Å². The number of esters is 1. The summed E-state index contributed by atoms with van der Waals surface area (Å²) in [5.74, 6) is -0.0106. The van der Waals surface area contributed by atoms with E-state index in [0.717, 1.165) is 43.2 Å². The van der Waals surface area contributed by atoms with Gasteiger partial charge in [0.15, 0.2) is 5.78 Å². The van der Waals surface area contributed by atoms with Gasteiger partial charge in [0.05, 0.1) is 18.1 Å². The van der Waals surface area contributed by atoms with Crippen molar-refractivity contribution >= 4 is 23.6 Å². The molecule has 42 heavy (non-hydrogen) atoms. The van der Waals surface area contributed by atoms with Crippen molar-refractivity contribution in [2.45, 2.75) is 104 Å². The van der Waals surface area contributed by atoms with Gasteiger partial charge in [-0.05, 0) is 56.6 Å². The summed E-state index contributed by atoms with van der Waals surface area (Å²) in [5, 5.41) is 6.21. The van der Waals surface area contributed by atoms with Crippen molar-refractivity contribution in [2.24, 2.45) is 5.41 Å². The highest BCUT2D eigenvalue weighted by Crippen LogP contribution is 2.50. The predicted octanol–water partition coefficient (Wildman–Crippen LogP) is 4.95. The van der Waals surface area contributed by atoms with Gasteiger partial charge in [0.25, 0.3) is 0 Å². The zero-order valence-corrected chi connectivity index (χ0v) is 24.5. The molecule has 0 unspecified atom stereocenters. The second-order valence-electron chi connectivity index (χ2n) is 11.4. The molecule has 0 bridgehead atoms. The van der Waals surface area contributed by atoms with Crippen LogP contribution in [0.3, 0.4) is 0 Å². The first-order chi connectivity index (χ1) is 19.8. The Labute approximate surface area is 250 Å². The van der Waals surface area contributed by atoms with E-state index >= 15 is 0 Å². The number of carbonyl (C=O) groups excluding carboxylic acids is 4. The summed E-state index contributed by atoms with van der Waals surface area (Å²) in [5.41, 5.74) is 1.12. The van der Waals surface area contributed by atoms with Crippen LogP contribution in [0.4, 0.5) is 0 Å². The first-order valence-corrected chi connectivity index (χ1v) is 14.9. The highest BCUT2D eigenvalue weighted by molar-refractivity contribution is 6.01. The van der Waals surface area contributed by atoms with Crippen molar-refractivity contribution in [2.75, 3.05) is 6.61 Å². The van der Waals surface area contributed by atoms with E-state index in [1.165, 1.54) is 0 Å². The third-order valence-electron chi connectivity index (χ3n) is 8.31. The number of Topliss-reactive ketones (excluding diaryl/α,β-unsaturated/α-hetero) is 1. The van der Waals surface area contributed by atoms with Crippen LogP contribution in [0.2, 0.25) is 0 Å². The lowest BCUT2D eigenvalue weighted by Crippen LogP contribution is -2.64. The fourth-order valence-electron chi connectivity index (χ4n) is 5.43. The number of rotatable bonds is 12. The summed E-state index contributed by atoms with van der Waals surface area (Å²) in [4.78, 5) is 50.9. The van der Waals surface area contributed by atoms with Crippen LogP contribution in [0, 0.1) is 5.41 Å². The quantitative estimate of drug-likeness (QED) is 0.346. The molecule has 2 N–H and O–H groups in total. The van der Waals surface area contributed by atoms with Crippen LogP contribution in [-0.2, 0) is 37.0 Å². The number of amides is 2. The Morgan fingerprint density at radius 3 is 2.05 bits per heavy atom. The lowest BCUT2D eigenvalue weighted by atomic mass is 9.94. The Balaban J connectivity index is 0.000000227. The van der Waals surface area contributed by atoms with Gasteiger partial charge in [-0.2, -0.15) is 0 Å². The normalized spacial score (nSPS) is 19.9. The molecule has 3 fully saturated rings. The lowest BCUT2D eigenvalue weighted by molar-refractivity contribution is -0.151. The van der Waals surface area contributed by atoms with Crippen LogP contribution in [0.25, 0.3) is 0 Å². The largest absolute Gasteiger partial charge is 0.466 e. The minimum absolute atomic E-state index is 0. The zero-order chi connectivity index (χ0) is 29.5. The highest BCUT2D eigenvalue weighted by Gasteiger charge is 2.58. The van der Waals surface area contributed by atoms with Crippen LogP contribution in [0.15, 0.2) is 60.7 Å². The first kappa shape index (κ1) is 33.0. The van der Waals surface area contributed by atoms with Gasteiger partial charge < -0.3 is 20.3 Å². The Morgan fingerprint density at radius 2 is 1.55 bits per heavy atom. The van der Waals surface area contributed by atoms with E-state index in [2.05, 4.69) is 10.6 Å². The van der Waals surface area contributed by atoms with Crippen LogP contribution in [0.1, 0.15) is 84.3 Å². The molecule has 0 radical (unpaired) electrons. The maximum absolute atomic E-state index is 12.5. The van der Waals surface area contributed by atoms with Gasteiger partial charge in [-0.1, -0.05) is 81.9 Å². The van der Waals surface area contributed by atoms with Gasteiger partial charge in [0.2, 0.25) is 11.8 Å². The number of carbonyl (C=O) groups is 4. The molecule has 2 aromatic rings. The summed E-state index contributed by atoms with van der Waals surface area (Å²) >= 11 is 0. The van der Waals surface area contributed by atoms with E-state index < -0.39 is 11.0 Å². The van der Waals surface area contributed by atoms with E-state index in [0.29, 0.717) is 32.5 Å². The third-order valence-corrected chi connectivity index (χ3v) is 8.31. The molecule has 2 aromatic carbocycles. The summed E-state index contributed by atoms with van der Waals surface area (Å²) in [6, 6.07) is 19.3. The van der Waals surface area contributed by atoms with Gasteiger partial charge in [0.1, 0.15) is 11.6 Å². The van der Waals surface area contributed by atoms with E-state index in [1.807, 2.05) is 74.5 Å². The highest BCUT2D eigenvalue weighted by atomic mass is 16.5. The minimum atomic E-state index is -0.572. The number of nitrogens with one attached hydrogen (secondary N) is 2. The van der Waals surface area contributed by atoms with Crippen molar-refractivity contribution in [3.8, 4) is 0 Å². The molecule has 1 heterocycles. The predicted molar refractivity (Wildman–Crippen MR) is 163 cm³/mol. The number of ether oxygens (including phenoxy) is 1. The van der Waals surface area contributed by atoms with Crippen LogP contribution < -0.4 is 10.6 Å². The molecular formula is C34H47N3O5. The maximum atomic E-state index is 12.5. The van der Waals surface area contributed by atoms with E-state index in [1.54, 1.807) is 11.8 Å². The minimum Gasteiger partial charge on any atom is -0.466 e. The molecule has 8 heteroatoms. The second kappa shape index (κ2) is 14.6. The number of hydrogen-bond acceptors (Lipinski definition) is 6. The molecule has 1 aliphatic heterocycles. The van der Waals surface area contributed by atoms with Gasteiger partial charge in [-0.15, -0.1) is 0 Å². The molecule has 1 spiro atoms. The summed E-state index contributed by atoms with van der Waals surface area (Å²) < 4.78 is 5.10. The van der Waals surface area contributed by atoms with E-state index in [9.17, 15) is 19.2 Å². The van der Waals surface area contributed by atoms with Crippen molar-refractivity contribution in [3.05, 3.63) is 71.8 Å². The molecule has 8 nitrogen and oxygen atoms in total. The molecule has 2 saturated carbocycles. The Morgan fingerprint density at radius 1 is 0.952 bits per heavy atom.